The molecule has 2 aromatic carbocycles. The van der Waals surface area contributed by atoms with Crippen LogP contribution < -0.4 is 0 Å². The number of benzene rings is 2. The van der Waals surface area contributed by atoms with E-state index in [-0.39, 0.29) is 30.9 Å². The first-order valence-electron chi connectivity index (χ1n) is 9.14. The maximum atomic E-state index is 12.7. The van der Waals surface area contributed by atoms with Crippen LogP contribution in [0.15, 0.2) is 53.4 Å². The largest absolute Gasteiger partial charge is 0.388 e. The summed E-state index contributed by atoms with van der Waals surface area (Å²) >= 11 is 0. The van der Waals surface area contributed by atoms with Crippen LogP contribution in [-0.2, 0) is 44.2 Å². The van der Waals surface area contributed by atoms with Crippen molar-refractivity contribution in [3.05, 3.63) is 54.1 Å². The van der Waals surface area contributed by atoms with Crippen molar-refractivity contribution < 1.29 is 36.3 Å². The Balaban J connectivity index is 2.14. The van der Waals surface area contributed by atoms with E-state index >= 15 is 0 Å². The van der Waals surface area contributed by atoms with Crippen molar-refractivity contribution in [2.45, 2.75) is 31.8 Å². The molecule has 0 fully saturated rings. The third-order valence-corrected chi connectivity index (χ3v) is 6.46. The molecule has 8 nitrogen and oxygen atoms in total. The van der Waals surface area contributed by atoms with E-state index < -0.39 is 17.7 Å². The minimum atomic E-state index is -3.73. The highest BCUT2D eigenvalue weighted by Gasteiger charge is 2.28. The van der Waals surface area contributed by atoms with Crippen LogP contribution in [0, 0.1) is 0 Å². The molecule has 0 spiro atoms. The monoisotopic (exact) mass is 444 g/mol. The van der Waals surface area contributed by atoms with Gasteiger partial charge < -0.3 is 0 Å². The topological polar surface area (TPSA) is 97.4 Å². The second-order valence-corrected chi connectivity index (χ2v) is 9.26. The molecule has 0 aliphatic carbocycles. The number of hydrogen-bond donors (Lipinski definition) is 0. The van der Waals surface area contributed by atoms with E-state index in [9.17, 15) is 13.0 Å². The van der Waals surface area contributed by atoms with Gasteiger partial charge in [-0.2, -0.15) is 8.42 Å². The first-order valence-corrected chi connectivity index (χ1v) is 12.3. The van der Waals surface area contributed by atoms with Crippen molar-refractivity contribution in [3.8, 4) is 11.1 Å². The zero-order valence-corrected chi connectivity index (χ0v) is 18.3. The molecule has 0 radical (unpaired) electrons. The summed E-state index contributed by atoms with van der Waals surface area (Å²) in [6.07, 6.45) is -0.0290. The Morgan fingerprint density at radius 2 is 1.24 bits per heavy atom. The van der Waals surface area contributed by atoms with Gasteiger partial charge in [0.25, 0.3) is 10.1 Å². The standard InChI is InChI=1S/C19H25O8PS/c1-4-23-26-28(20,27-24-5-2)15-16-7-9-17(10-8-16)18-11-13-19(14-12-18)29(21,22)25-6-3/h7-14H,4-6,15H2,1-3H3. The molecular formula is C19H25O8PS. The van der Waals surface area contributed by atoms with Gasteiger partial charge in [0, 0.05) is 0 Å². The Labute approximate surface area is 171 Å². The normalized spacial score (nSPS) is 12.2. The summed E-state index contributed by atoms with van der Waals surface area (Å²) in [5, 5.41) is 0. The Kier molecular flexibility index (Phi) is 8.98. The molecule has 0 bridgehead atoms. The van der Waals surface area contributed by atoms with Crippen LogP contribution in [0.25, 0.3) is 11.1 Å². The predicted octanol–water partition coefficient (Wildman–Crippen LogP) is 4.71. The van der Waals surface area contributed by atoms with E-state index in [1.165, 1.54) is 12.1 Å². The molecule has 0 N–H and O–H groups in total. The molecule has 0 saturated carbocycles. The Bertz CT molecular complexity index is 898. The fraction of sp³-hybridized carbons (Fsp3) is 0.368. The number of rotatable bonds is 12. The third kappa shape index (κ3) is 7.01. The summed E-state index contributed by atoms with van der Waals surface area (Å²) in [4.78, 5) is 9.68. The van der Waals surface area contributed by atoms with Crippen LogP contribution in [0.4, 0.5) is 0 Å². The molecule has 2 aromatic rings. The minimum Gasteiger partial charge on any atom is -0.267 e. The van der Waals surface area contributed by atoms with Gasteiger partial charge in [-0.25, -0.2) is 9.78 Å². The van der Waals surface area contributed by atoms with E-state index in [1.54, 1.807) is 45.0 Å². The molecule has 160 valence electrons. The Morgan fingerprint density at radius 1 is 0.759 bits per heavy atom. The fourth-order valence-electron chi connectivity index (χ4n) is 2.39. The van der Waals surface area contributed by atoms with E-state index in [1.807, 2.05) is 12.1 Å². The zero-order valence-electron chi connectivity index (χ0n) is 16.6. The molecule has 0 unspecified atom stereocenters. The quantitative estimate of drug-likeness (QED) is 0.201. The molecule has 0 heterocycles. The number of hydrogen-bond acceptors (Lipinski definition) is 8. The molecule has 0 aliphatic rings. The molecule has 2 rings (SSSR count). The smallest absolute Gasteiger partial charge is 0.267 e. The van der Waals surface area contributed by atoms with Crippen LogP contribution in [0.5, 0.6) is 0 Å². The van der Waals surface area contributed by atoms with Gasteiger partial charge in [0.15, 0.2) is 0 Å². The molecule has 0 aliphatic heterocycles. The average molecular weight is 444 g/mol. The van der Waals surface area contributed by atoms with E-state index in [0.29, 0.717) is 5.56 Å². The molecular weight excluding hydrogens is 419 g/mol. The van der Waals surface area contributed by atoms with Gasteiger partial charge in [0.05, 0.1) is 30.9 Å². The minimum absolute atomic E-state index is 0.0290. The maximum absolute atomic E-state index is 12.7. The second-order valence-electron chi connectivity index (χ2n) is 5.81. The second kappa shape index (κ2) is 11.0. The van der Waals surface area contributed by atoms with Crippen LogP contribution >= 0.6 is 7.60 Å². The summed E-state index contributed by atoms with van der Waals surface area (Å²) in [5.74, 6) is 0. The first kappa shape index (κ1) is 23.7. The van der Waals surface area contributed by atoms with Gasteiger partial charge in [0.2, 0.25) is 0 Å². The molecule has 10 heteroatoms. The lowest BCUT2D eigenvalue weighted by atomic mass is 10.0. The summed E-state index contributed by atoms with van der Waals surface area (Å²) in [6, 6.07) is 13.6. The molecule has 0 saturated heterocycles. The highest BCUT2D eigenvalue weighted by molar-refractivity contribution is 7.86. The molecule has 0 amide bonds. The SMILES string of the molecule is CCOOP(=O)(Cc1ccc(-c2ccc(S(=O)(=O)OCC)cc2)cc1)OOCC. The summed E-state index contributed by atoms with van der Waals surface area (Å²) in [5.41, 5.74) is 2.39. The van der Waals surface area contributed by atoms with Crippen molar-refractivity contribution in [1.29, 1.82) is 0 Å². The molecule has 0 atom stereocenters. The van der Waals surface area contributed by atoms with Gasteiger partial charge in [-0.1, -0.05) is 36.4 Å². The lowest BCUT2D eigenvalue weighted by Gasteiger charge is -2.15. The Morgan fingerprint density at radius 3 is 1.69 bits per heavy atom. The Hall–Kier alpha value is -1.58. The van der Waals surface area contributed by atoms with Gasteiger partial charge in [-0.05, 0) is 49.6 Å². The van der Waals surface area contributed by atoms with E-state index in [0.717, 1.165) is 11.1 Å². The average Bonchev–Trinajstić information content (AvgIpc) is 2.71. The van der Waals surface area contributed by atoms with Crippen molar-refractivity contribution in [3.63, 3.8) is 0 Å². The van der Waals surface area contributed by atoms with Gasteiger partial charge in [-0.15, -0.1) is 9.35 Å². The molecule has 0 aromatic heterocycles. The predicted molar refractivity (Wildman–Crippen MR) is 107 cm³/mol. The third-order valence-electron chi connectivity index (χ3n) is 3.65. The van der Waals surface area contributed by atoms with Gasteiger partial charge in [0.1, 0.15) is 0 Å². The van der Waals surface area contributed by atoms with Crippen LogP contribution in [0.1, 0.15) is 26.3 Å². The summed E-state index contributed by atoms with van der Waals surface area (Å²) in [7, 11) is -7.35. The van der Waals surface area contributed by atoms with Crippen LogP contribution in [-0.4, -0.2) is 28.2 Å². The van der Waals surface area contributed by atoms with E-state index in [2.05, 4.69) is 0 Å². The van der Waals surface area contributed by atoms with Crippen LogP contribution in [0.3, 0.4) is 0 Å². The van der Waals surface area contributed by atoms with Gasteiger partial charge in [-0.3, -0.25) is 8.75 Å². The highest BCUT2D eigenvalue weighted by atomic mass is 32.2. The van der Waals surface area contributed by atoms with Gasteiger partial charge >= 0.3 is 7.60 Å². The zero-order chi connectivity index (χ0) is 21.3. The van der Waals surface area contributed by atoms with Crippen molar-refractivity contribution in [2.24, 2.45) is 0 Å². The lowest BCUT2D eigenvalue weighted by Crippen LogP contribution is -2.05. The summed E-state index contributed by atoms with van der Waals surface area (Å²) in [6.45, 7) is 5.52. The van der Waals surface area contributed by atoms with Crippen LogP contribution in [0.2, 0.25) is 0 Å². The highest BCUT2D eigenvalue weighted by Crippen LogP contribution is 2.52. The van der Waals surface area contributed by atoms with E-state index in [4.69, 9.17) is 23.3 Å². The molecule has 29 heavy (non-hydrogen) atoms. The van der Waals surface area contributed by atoms with Crippen molar-refractivity contribution >= 4 is 17.7 Å². The lowest BCUT2D eigenvalue weighted by molar-refractivity contribution is -0.263. The van der Waals surface area contributed by atoms with Crippen molar-refractivity contribution in [1.82, 2.24) is 0 Å². The van der Waals surface area contributed by atoms with Crippen molar-refractivity contribution in [2.75, 3.05) is 19.8 Å². The maximum Gasteiger partial charge on any atom is 0.388 e. The first-order chi connectivity index (χ1) is 13.8. The fourth-order valence-corrected chi connectivity index (χ4v) is 4.63. The summed E-state index contributed by atoms with van der Waals surface area (Å²) < 4.78 is 51.1.